The van der Waals surface area contributed by atoms with Crippen molar-refractivity contribution in [3.63, 3.8) is 0 Å². The van der Waals surface area contributed by atoms with E-state index >= 15 is 0 Å². The van der Waals surface area contributed by atoms with Gasteiger partial charge in [-0.15, -0.1) is 0 Å². The zero-order chi connectivity index (χ0) is 24.2. The van der Waals surface area contributed by atoms with Crippen LogP contribution in [0, 0.1) is 0 Å². The summed E-state index contributed by atoms with van der Waals surface area (Å²) in [5.41, 5.74) is -0.616. The van der Waals surface area contributed by atoms with E-state index < -0.39 is 11.1 Å². The van der Waals surface area contributed by atoms with Gasteiger partial charge in [0, 0.05) is 13.1 Å². The number of rotatable bonds is 9. The molecular formula is C26H33N3O5. The maximum atomic E-state index is 12.2. The van der Waals surface area contributed by atoms with E-state index in [1.807, 2.05) is 54.6 Å². The van der Waals surface area contributed by atoms with Gasteiger partial charge in [0.25, 0.3) is 5.91 Å². The van der Waals surface area contributed by atoms with Crippen molar-refractivity contribution in [2.75, 3.05) is 32.8 Å². The number of nitrogens with one attached hydrogen (secondary N) is 1. The summed E-state index contributed by atoms with van der Waals surface area (Å²) in [5, 5.41) is 13.7. The number of carbonyl (C=O) groups is 2. The minimum Gasteiger partial charge on any atom is -0.492 e. The van der Waals surface area contributed by atoms with Crippen molar-refractivity contribution in [1.29, 1.82) is 0 Å². The minimum atomic E-state index is -0.870. The molecule has 34 heavy (non-hydrogen) atoms. The number of β-amino-alcohol motifs (C(OH)–C–C–N with tert-alkyl or cyclic N) is 1. The van der Waals surface area contributed by atoms with E-state index in [1.54, 1.807) is 13.8 Å². The molecule has 0 saturated carbocycles. The number of ether oxygens (including phenoxy) is 2. The summed E-state index contributed by atoms with van der Waals surface area (Å²) in [7, 11) is 0. The topological polar surface area (TPSA) is 91.3 Å². The van der Waals surface area contributed by atoms with E-state index in [9.17, 15) is 14.7 Å². The van der Waals surface area contributed by atoms with Gasteiger partial charge in [-0.3, -0.25) is 14.6 Å². The van der Waals surface area contributed by atoms with Crippen molar-refractivity contribution in [3.8, 4) is 11.5 Å². The fraction of sp³-hybridized carbons (Fsp3) is 0.462. The zero-order valence-corrected chi connectivity index (χ0v) is 19.8. The van der Waals surface area contributed by atoms with Crippen LogP contribution in [0.15, 0.2) is 54.6 Å². The third kappa shape index (κ3) is 5.87. The summed E-state index contributed by atoms with van der Waals surface area (Å²) in [6, 6.07) is 17.0. The van der Waals surface area contributed by atoms with Crippen LogP contribution in [0.1, 0.15) is 32.3 Å². The second-order valence-corrected chi connectivity index (χ2v) is 9.64. The molecule has 182 valence electrons. The van der Waals surface area contributed by atoms with Crippen molar-refractivity contribution in [2.45, 2.75) is 44.4 Å². The van der Waals surface area contributed by atoms with Crippen molar-refractivity contribution >= 4 is 11.9 Å². The van der Waals surface area contributed by atoms with E-state index in [-0.39, 0.29) is 31.7 Å². The van der Waals surface area contributed by atoms with Crippen molar-refractivity contribution in [2.24, 2.45) is 0 Å². The molecule has 2 aromatic rings. The van der Waals surface area contributed by atoms with Crippen LogP contribution >= 0.6 is 0 Å². The van der Waals surface area contributed by atoms with Crippen molar-refractivity contribution in [3.05, 3.63) is 60.2 Å². The fourth-order valence-electron chi connectivity index (χ4n) is 4.42. The maximum Gasteiger partial charge on any atom is 0.325 e. The van der Waals surface area contributed by atoms with Crippen LogP contribution in [0.4, 0.5) is 4.79 Å². The van der Waals surface area contributed by atoms with Gasteiger partial charge in [0.15, 0.2) is 0 Å². The van der Waals surface area contributed by atoms with Gasteiger partial charge in [0.05, 0.1) is 6.54 Å². The van der Waals surface area contributed by atoms with Crippen LogP contribution in [0.2, 0.25) is 0 Å². The first-order valence-electron chi connectivity index (χ1n) is 11.7. The van der Waals surface area contributed by atoms with Crippen LogP contribution in [-0.2, 0) is 11.3 Å². The summed E-state index contributed by atoms with van der Waals surface area (Å²) < 4.78 is 11.6. The molecule has 4 rings (SSSR count). The first kappa shape index (κ1) is 24.0. The number of urea groups is 1. The molecule has 0 radical (unpaired) electrons. The summed E-state index contributed by atoms with van der Waals surface area (Å²) >= 11 is 0. The molecule has 1 atom stereocenters. The predicted octanol–water partition coefficient (Wildman–Crippen LogP) is 2.80. The Bertz CT molecular complexity index is 995. The smallest absolute Gasteiger partial charge is 0.325 e. The molecule has 2 fully saturated rings. The van der Waals surface area contributed by atoms with Gasteiger partial charge < -0.3 is 19.9 Å². The highest BCUT2D eigenvalue weighted by Crippen LogP contribution is 2.25. The number of likely N-dealkylation sites (tertiary alicyclic amines) is 1. The highest BCUT2D eigenvalue weighted by Gasteiger charge is 2.43. The second-order valence-electron chi connectivity index (χ2n) is 9.64. The number of nitrogens with zero attached hydrogens (tertiary/aromatic N) is 2. The summed E-state index contributed by atoms with van der Waals surface area (Å²) in [6.07, 6.45) is 1.63. The first-order chi connectivity index (χ1) is 16.2. The third-order valence-corrected chi connectivity index (χ3v) is 6.24. The standard InChI is InChI=1S/C26H33N3O5/c1-25(2)23(30)29(24(31)27-25)15-16-33-22-11-9-20(10-12-22)17-28-14-6-13-26(32,18-28)19-34-21-7-4-3-5-8-21/h3-5,7-12,32H,6,13-19H2,1-2H3,(H,27,31). The number of imide groups is 1. The Morgan fingerprint density at radius 1 is 1.00 bits per heavy atom. The molecule has 0 aliphatic carbocycles. The summed E-state index contributed by atoms with van der Waals surface area (Å²) in [5.74, 6) is 1.20. The number of amides is 3. The molecule has 2 heterocycles. The van der Waals surface area contributed by atoms with Gasteiger partial charge in [-0.2, -0.15) is 0 Å². The molecule has 2 aliphatic rings. The Morgan fingerprint density at radius 2 is 1.71 bits per heavy atom. The molecule has 8 nitrogen and oxygen atoms in total. The van der Waals surface area contributed by atoms with E-state index in [1.165, 1.54) is 4.90 Å². The van der Waals surface area contributed by atoms with Crippen LogP contribution in [0.25, 0.3) is 0 Å². The number of hydrogen-bond donors (Lipinski definition) is 2. The number of para-hydroxylation sites is 1. The van der Waals surface area contributed by atoms with Gasteiger partial charge >= 0.3 is 6.03 Å². The van der Waals surface area contributed by atoms with E-state index in [2.05, 4.69) is 10.2 Å². The lowest BCUT2D eigenvalue weighted by Gasteiger charge is -2.39. The number of hydrogen-bond acceptors (Lipinski definition) is 6. The number of aliphatic hydroxyl groups is 1. The number of benzene rings is 2. The molecular weight excluding hydrogens is 434 g/mol. The van der Waals surface area contributed by atoms with Gasteiger partial charge in [-0.1, -0.05) is 30.3 Å². The molecule has 2 N–H and O–H groups in total. The maximum absolute atomic E-state index is 12.2. The lowest BCUT2D eigenvalue weighted by Crippen LogP contribution is -2.51. The monoisotopic (exact) mass is 467 g/mol. The number of carbonyl (C=O) groups excluding carboxylic acids is 2. The van der Waals surface area contributed by atoms with Gasteiger partial charge in [0.1, 0.15) is 35.9 Å². The number of piperidine rings is 1. The molecule has 1 unspecified atom stereocenters. The Morgan fingerprint density at radius 3 is 2.38 bits per heavy atom. The molecule has 3 amide bonds. The van der Waals surface area contributed by atoms with E-state index in [4.69, 9.17) is 9.47 Å². The summed E-state index contributed by atoms with van der Waals surface area (Å²) in [4.78, 5) is 27.6. The van der Waals surface area contributed by atoms with Gasteiger partial charge in [-0.05, 0) is 63.1 Å². The van der Waals surface area contributed by atoms with E-state index in [0.717, 1.165) is 37.2 Å². The molecule has 0 aromatic heterocycles. The Hall–Kier alpha value is -3.10. The molecule has 0 spiro atoms. The normalized spacial score (nSPS) is 22.5. The van der Waals surface area contributed by atoms with Gasteiger partial charge in [-0.25, -0.2) is 4.79 Å². The summed E-state index contributed by atoms with van der Waals surface area (Å²) in [6.45, 7) is 6.29. The SMILES string of the molecule is CC1(C)NC(=O)N(CCOc2ccc(CN3CCCC(O)(COc4ccccc4)C3)cc2)C1=O. The van der Waals surface area contributed by atoms with Crippen molar-refractivity contribution < 1.29 is 24.2 Å². The Kier molecular flexibility index (Phi) is 7.09. The van der Waals surface area contributed by atoms with Crippen LogP contribution in [0.5, 0.6) is 11.5 Å². The molecule has 2 aliphatic heterocycles. The average Bonchev–Trinajstić information content (AvgIpc) is 3.01. The van der Waals surface area contributed by atoms with Crippen LogP contribution in [-0.4, -0.2) is 70.8 Å². The molecule has 0 bridgehead atoms. The van der Waals surface area contributed by atoms with Crippen LogP contribution < -0.4 is 14.8 Å². The predicted molar refractivity (Wildman–Crippen MR) is 128 cm³/mol. The third-order valence-electron chi connectivity index (χ3n) is 6.24. The molecule has 2 aromatic carbocycles. The molecule has 2 saturated heterocycles. The van der Waals surface area contributed by atoms with E-state index in [0.29, 0.717) is 12.3 Å². The van der Waals surface area contributed by atoms with Crippen molar-refractivity contribution in [1.82, 2.24) is 15.1 Å². The highest BCUT2D eigenvalue weighted by molar-refractivity contribution is 6.06. The Balaban J connectivity index is 1.24. The minimum absolute atomic E-state index is 0.202. The first-order valence-corrected chi connectivity index (χ1v) is 11.7. The average molecular weight is 468 g/mol. The van der Waals surface area contributed by atoms with Crippen LogP contribution in [0.3, 0.4) is 0 Å². The lowest BCUT2D eigenvalue weighted by molar-refractivity contribution is -0.130. The molecule has 8 heteroatoms. The fourth-order valence-corrected chi connectivity index (χ4v) is 4.42. The quantitative estimate of drug-likeness (QED) is 0.551. The highest BCUT2D eigenvalue weighted by atomic mass is 16.5. The van der Waals surface area contributed by atoms with Gasteiger partial charge in [0.2, 0.25) is 0 Å². The largest absolute Gasteiger partial charge is 0.492 e. The Labute approximate surface area is 200 Å². The lowest BCUT2D eigenvalue weighted by atomic mass is 9.93. The second kappa shape index (κ2) is 10.0. The zero-order valence-electron chi connectivity index (χ0n) is 19.8.